The summed E-state index contributed by atoms with van der Waals surface area (Å²) in [7, 11) is 1.66. The van der Waals surface area contributed by atoms with Crippen LogP contribution < -0.4 is 10.1 Å². The third kappa shape index (κ3) is 3.26. The first-order chi connectivity index (χ1) is 10.1. The summed E-state index contributed by atoms with van der Waals surface area (Å²) in [5.74, 6) is 0.837. The molecule has 0 radical (unpaired) electrons. The Hall–Kier alpha value is -0.630. The molecule has 0 unspecified atom stereocenters. The predicted octanol–water partition coefficient (Wildman–Crippen LogP) is 6.34. The maximum atomic E-state index is 5.24. The number of rotatable bonds is 3. The second-order valence-corrected chi connectivity index (χ2v) is 7.88. The van der Waals surface area contributed by atoms with Crippen molar-refractivity contribution in [2.24, 2.45) is 0 Å². The molecule has 3 rings (SSSR count). The molecule has 108 valence electrons. The summed E-state index contributed by atoms with van der Waals surface area (Å²) < 4.78 is 9.24. The average Bonchev–Trinajstić information content (AvgIpc) is 2.84. The third-order valence-electron chi connectivity index (χ3n) is 2.83. The van der Waals surface area contributed by atoms with Crippen molar-refractivity contribution in [2.45, 2.75) is 0 Å². The Kier molecular flexibility index (Phi) is 4.54. The van der Waals surface area contributed by atoms with Crippen molar-refractivity contribution in [1.29, 1.82) is 0 Å². The maximum Gasteiger partial charge on any atom is 0.188 e. The van der Waals surface area contributed by atoms with E-state index in [9.17, 15) is 0 Å². The number of benzene rings is 2. The summed E-state index contributed by atoms with van der Waals surface area (Å²) >= 11 is 12.2. The normalized spacial score (nSPS) is 10.9. The van der Waals surface area contributed by atoms with Gasteiger partial charge in [0, 0.05) is 13.4 Å². The minimum Gasteiger partial charge on any atom is -0.497 e. The van der Waals surface area contributed by atoms with E-state index in [2.05, 4.69) is 58.1 Å². The van der Waals surface area contributed by atoms with Gasteiger partial charge in [-0.25, -0.2) is 4.98 Å². The minimum absolute atomic E-state index is 0.835. The highest BCUT2D eigenvalue weighted by Crippen LogP contribution is 2.38. The van der Waals surface area contributed by atoms with E-state index in [0.717, 1.165) is 40.2 Å². The van der Waals surface area contributed by atoms with Crippen LogP contribution in [0.15, 0.2) is 43.7 Å². The quantitative estimate of drug-likeness (QED) is 0.463. The summed E-state index contributed by atoms with van der Waals surface area (Å²) in [5.41, 5.74) is 1.90. The first kappa shape index (κ1) is 15.3. The highest BCUT2D eigenvalue weighted by molar-refractivity contribution is 9.11. The second-order valence-electron chi connectivity index (χ2n) is 4.22. The standard InChI is InChI=1S/C14H9Br3N2OS/c1-20-8-2-3-11-12(6-8)21-14(18-11)19-13-9(16)4-7(15)5-10(13)17/h2-6H,1H3,(H,18,19). The lowest BCUT2D eigenvalue weighted by molar-refractivity contribution is 0.415. The van der Waals surface area contributed by atoms with Gasteiger partial charge in [0.2, 0.25) is 0 Å². The van der Waals surface area contributed by atoms with E-state index in [1.807, 2.05) is 30.3 Å². The van der Waals surface area contributed by atoms with Crippen molar-refractivity contribution in [3.63, 3.8) is 0 Å². The van der Waals surface area contributed by atoms with E-state index < -0.39 is 0 Å². The van der Waals surface area contributed by atoms with Gasteiger partial charge in [0.1, 0.15) is 5.75 Å². The largest absolute Gasteiger partial charge is 0.497 e. The van der Waals surface area contributed by atoms with Crippen LogP contribution in [0.5, 0.6) is 5.75 Å². The van der Waals surface area contributed by atoms with Crippen molar-refractivity contribution < 1.29 is 4.74 Å². The van der Waals surface area contributed by atoms with Gasteiger partial charge in [0.25, 0.3) is 0 Å². The van der Waals surface area contributed by atoms with Crippen LogP contribution in [0.3, 0.4) is 0 Å². The van der Waals surface area contributed by atoms with Crippen molar-refractivity contribution >= 4 is 80.2 Å². The Balaban J connectivity index is 1.98. The van der Waals surface area contributed by atoms with Crippen LogP contribution in [0.1, 0.15) is 0 Å². The summed E-state index contributed by atoms with van der Waals surface area (Å²) in [6.07, 6.45) is 0. The molecule has 7 heteroatoms. The number of thiazole rings is 1. The molecule has 3 aromatic rings. The number of hydrogen-bond acceptors (Lipinski definition) is 4. The molecule has 1 N–H and O–H groups in total. The summed E-state index contributed by atoms with van der Waals surface area (Å²) in [5, 5.41) is 4.18. The van der Waals surface area contributed by atoms with E-state index >= 15 is 0 Å². The summed E-state index contributed by atoms with van der Waals surface area (Å²) in [6, 6.07) is 9.84. The zero-order valence-electron chi connectivity index (χ0n) is 10.8. The molecule has 1 heterocycles. The van der Waals surface area contributed by atoms with Crippen LogP contribution in [0.25, 0.3) is 10.2 Å². The van der Waals surface area contributed by atoms with Gasteiger partial charge in [0.05, 0.1) is 23.0 Å². The number of fused-ring (bicyclic) bond motifs is 1. The van der Waals surface area contributed by atoms with E-state index in [4.69, 9.17) is 4.74 Å². The number of methoxy groups -OCH3 is 1. The van der Waals surface area contributed by atoms with E-state index in [1.165, 1.54) is 0 Å². The molecule has 0 aliphatic carbocycles. The highest BCUT2D eigenvalue weighted by atomic mass is 79.9. The first-order valence-electron chi connectivity index (χ1n) is 5.93. The fourth-order valence-electron chi connectivity index (χ4n) is 1.85. The molecule has 0 aliphatic rings. The molecule has 0 aliphatic heterocycles. The van der Waals surface area contributed by atoms with Gasteiger partial charge in [-0.3, -0.25) is 0 Å². The van der Waals surface area contributed by atoms with Gasteiger partial charge in [-0.15, -0.1) is 0 Å². The molecule has 0 fully saturated rings. The molecule has 1 aromatic heterocycles. The second kappa shape index (κ2) is 6.24. The molecule has 3 nitrogen and oxygen atoms in total. The number of nitrogens with zero attached hydrogens (tertiary/aromatic N) is 1. The van der Waals surface area contributed by atoms with Gasteiger partial charge in [-0.1, -0.05) is 27.3 Å². The molecule has 0 bridgehead atoms. The Labute approximate surface area is 151 Å². The molecule has 0 saturated heterocycles. The fourth-order valence-corrected chi connectivity index (χ4v) is 5.21. The van der Waals surface area contributed by atoms with Crippen LogP contribution in [0.4, 0.5) is 10.8 Å². The summed E-state index contributed by atoms with van der Waals surface area (Å²) in [6.45, 7) is 0. The number of ether oxygens (including phenoxy) is 1. The zero-order valence-corrected chi connectivity index (χ0v) is 16.4. The molecular formula is C14H9Br3N2OS. The lowest BCUT2D eigenvalue weighted by atomic mass is 10.3. The van der Waals surface area contributed by atoms with Gasteiger partial charge in [-0.05, 0) is 62.2 Å². The Bertz CT molecular complexity index is 796. The Morgan fingerprint density at radius 3 is 2.48 bits per heavy atom. The van der Waals surface area contributed by atoms with Crippen molar-refractivity contribution in [2.75, 3.05) is 12.4 Å². The third-order valence-corrected chi connectivity index (χ3v) is 5.48. The van der Waals surface area contributed by atoms with Crippen LogP contribution >= 0.6 is 59.1 Å². The zero-order chi connectivity index (χ0) is 15.0. The van der Waals surface area contributed by atoms with E-state index in [-0.39, 0.29) is 0 Å². The number of anilines is 2. The van der Waals surface area contributed by atoms with Crippen LogP contribution in [0, 0.1) is 0 Å². The SMILES string of the molecule is COc1ccc2nc(Nc3c(Br)cc(Br)cc3Br)sc2c1. The molecule has 0 amide bonds. The van der Waals surface area contributed by atoms with E-state index in [0.29, 0.717) is 0 Å². The summed E-state index contributed by atoms with van der Waals surface area (Å²) in [4.78, 5) is 4.59. The molecule has 21 heavy (non-hydrogen) atoms. The van der Waals surface area contributed by atoms with Crippen molar-refractivity contribution in [3.8, 4) is 5.75 Å². The topological polar surface area (TPSA) is 34.1 Å². The lowest BCUT2D eigenvalue weighted by Gasteiger charge is -2.08. The Morgan fingerprint density at radius 2 is 1.81 bits per heavy atom. The van der Waals surface area contributed by atoms with Crippen LogP contribution in [-0.4, -0.2) is 12.1 Å². The molecular weight excluding hydrogens is 484 g/mol. The van der Waals surface area contributed by atoms with Crippen LogP contribution in [0.2, 0.25) is 0 Å². The van der Waals surface area contributed by atoms with Crippen molar-refractivity contribution in [3.05, 3.63) is 43.7 Å². The number of hydrogen-bond donors (Lipinski definition) is 1. The number of halogens is 3. The fraction of sp³-hybridized carbons (Fsp3) is 0.0714. The molecule has 0 spiro atoms. The highest BCUT2D eigenvalue weighted by Gasteiger charge is 2.10. The Morgan fingerprint density at radius 1 is 1.10 bits per heavy atom. The van der Waals surface area contributed by atoms with Gasteiger partial charge < -0.3 is 10.1 Å². The van der Waals surface area contributed by atoms with Gasteiger partial charge in [-0.2, -0.15) is 0 Å². The number of aromatic nitrogens is 1. The first-order valence-corrected chi connectivity index (χ1v) is 9.12. The average molecular weight is 493 g/mol. The van der Waals surface area contributed by atoms with Crippen molar-refractivity contribution in [1.82, 2.24) is 4.98 Å². The maximum absolute atomic E-state index is 5.24. The van der Waals surface area contributed by atoms with Crippen LogP contribution in [-0.2, 0) is 0 Å². The predicted molar refractivity (Wildman–Crippen MR) is 99.0 cm³/mol. The monoisotopic (exact) mass is 490 g/mol. The molecule has 0 saturated carbocycles. The smallest absolute Gasteiger partial charge is 0.188 e. The molecule has 2 aromatic carbocycles. The minimum atomic E-state index is 0.835. The van der Waals surface area contributed by atoms with Gasteiger partial charge >= 0.3 is 0 Å². The van der Waals surface area contributed by atoms with E-state index in [1.54, 1.807) is 18.4 Å². The number of nitrogens with one attached hydrogen (secondary N) is 1. The lowest BCUT2D eigenvalue weighted by Crippen LogP contribution is -1.92. The molecule has 0 atom stereocenters. The van der Waals surface area contributed by atoms with Gasteiger partial charge in [0.15, 0.2) is 5.13 Å².